The molecule has 0 amide bonds. The first-order valence-corrected chi connectivity index (χ1v) is 23.4. The van der Waals surface area contributed by atoms with Gasteiger partial charge in [0.2, 0.25) is 17.2 Å². The van der Waals surface area contributed by atoms with Gasteiger partial charge in [0.15, 0.2) is 33.5 Å². The number of piperidine rings is 1. The number of nitrogens with zero attached hydrogens (tertiary/aromatic N) is 3. The number of furan rings is 3. The first-order valence-electron chi connectivity index (χ1n) is 23.4. The maximum absolute atomic E-state index is 11.6. The Morgan fingerprint density at radius 1 is 0.457 bits per heavy atom. The third-order valence-corrected chi connectivity index (χ3v) is 12.2. The molecule has 6 aromatic heterocycles. The zero-order valence-corrected chi connectivity index (χ0v) is 40.7. The number of nitrogens with two attached hydrogens (primary N) is 1. The van der Waals surface area contributed by atoms with Crippen LogP contribution in [-0.2, 0) is 0 Å². The number of hydrogen-bond donors (Lipinski definition) is 1. The summed E-state index contributed by atoms with van der Waals surface area (Å²) in [6.07, 6.45) is 11.3. The highest BCUT2D eigenvalue weighted by atomic mass is 35.5. The number of fused-ring (bicyclic) bond motifs is 6. The van der Waals surface area contributed by atoms with Gasteiger partial charge in [-0.3, -0.25) is 0 Å². The molecule has 2 aliphatic heterocycles. The van der Waals surface area contributed by atoms with Crippen LogP contribution < -0.4 is 36.8 Å². The van der Waals surface area contributed by atoms with E-state index in [1.165, 1.54) is 50.6 Å². The van der Waals surface area contributed by atoms with Crippen LogP contribution in [0.1, 0.15) is 38.5 Å². The molecule has 8 heterocycles. The second-order valence-corrected chi connectivity index (χ2v) is 17.1. The van der Waals surface area contributed by atoms with Gasteiger partial charge in [-0.05, 0) is 113 Å². The van der Waals surface area contributed by atoms with Crippen molar-refractivity contribution >= 4 is 90.6 Å². The Kier molecular flexibility index (Phi) is 18.1. The first-order chi connectivity index (χ1) is 33.3. The molecule has 2 fully saturated rings. The quantitative estimate of drug-likeness (QED) is 0.0799. The summed E-state index contributed by atoms with van der Waals surface area (Å²) >= 11 is 0. The molecule has 0 aliphatic carbocycles. The van der Waals surface area contributed by atoms with Crippen LogP contribution in [0.2, 0.25) is 0 Å². The third kappa shape index (κ3) is 12.4. The van der Waals surface area contributed by atoms with Crippen molar-refractivity contribution in [2.24, 2.45) is 5.73 Å². The summed E-state index contributed by atoms with van der Waals surface area (Å²) in [5, 5.41) is 5.27. The van der Waals surface area contributed by atoms with E-state index < -0.39 is 5.63 Å². The lowest BCUT2D eigenvalue weighted by Crippen LogP contribution is -2.44. The predicted octanol–water partition coefficient (Wildman–Crippen LogP) is 9.46. The fourth-order valence-electron chi connectivity index (χ4n) is 8.65. The van der Waals surface area contributed by atoms with E-state index in [1.807, 2.05) is 36.4 Å². The first kappa shape index (κ1) is 51.6. The highest BCUT2D eigenvalue weighted by Gasteiger charge is 2.19. The van der Waals surface area contributed by atoms with Gasteiger partial charge in [-0.1, -0.05) is 6.42 Å². The summed E-state index contributed by atoms with van der Waals surface area (Å²) in [6, 6.07) is 20.9. The van der Waals surface area contributed by atoms with Crippen LogP contribution in [-0.4, -0.2) is 100 Å². The molecule has 70 heavy (non-hydrogen) atoms. The molecule has 2 N–H and O–H groups in total. The van der Waals surface area contributed by atoms with E-state index in [1.54, 1.807) is 37.0 Å². The molecule has 11 rings (SSSR count). The van der Waals surface area contributed by atoms with E-state index in [-0.39, 0.29) is 36.1 Å². The largest absolute Gasteiger partial charge is 0.486 e. The predicted molar refractivity (Wildman–Crippen MR) is 275 cm³/mol. The van der Waals surface area contributed by atoms with E-state index in [9.17, 15) is 14.4 Å². The van der Waals surface area contributed by atoms with Gasteiger partial charge in [0.1, 0.15) is 0 Å². The molecule has 2 saturated heterocycles. The molecule has 3 aromatic carbocycles. The van der Waals surface area contributed by atoms with Crippen LogP contribution in [0, 0.1) is 0 Å². The van der Waals surface area contributed by atoms with Gasteiger partial charge >= 0.3 is 16.9 Å². The zero-order chi connectivity index (χ0) is 46.8. The van der Waals surface area contributed by atoms with Crippen LogP contribution in [0.3, 0.4) is 0 Å². The standard InChI is InChI=1S/C19H22N2O4.C19H21NO4.C14H13NO4.2ClH/c1-20-7-9-21(10-8-20)6-2-11-23-19-17-15(5-12-24-17)13-14-3-4-16(22)25-18(14)19;21-16-6-5-14-13-15-7-12-23-17(15)19(18(14)24-16)22-11-4-10-20-8-2-1-3-9-20;15-5-1-6-17-14-12-10(4-7-18-12)8-9-2-3-11(16)19-13(9)14;;/h3-5,12-13H,2,6-11H2,1H3;5-7,12-13H,1-4,8-11H2;2-4,7-8H,1,5-6,15H2;2*1H. The van der Waals surface area contributed by atoms with Gasteiger partial charge in [0.25, 0.3) is 0 Å². The molecule has 18 heteroatoms. The Bertz CT molecular complexity index is 3290. The minimum absolute atomic E-state index is 0. The number of halogens is 2. The van der Waals surface area contributed by atoms with Crippen LogP contribution in [0.15, 0.2) is 132 Å². The minimum Gasteiger partial charge on any atom is -0.486 e. The molecular formula is C52H58Cl2N4O12. The molecule has 0 unspecified atom stereocenters. The van der Waals surface area contributed by atoms with E-state index in [2.05, 4.69) is 21.7 Å². The van der Waals surface area contributed by atoms with E-state index >= 15 is 0 Å². The van der Waals surface area contributed by atoms with Crippen molar-refractivity contribution in [3.63, 3.8) is 0 Å². The van der Waals surface area contributed by atoms with Crippen molar-refractivity contribution in [1.82, 2.24) is 14.7 Å². The normalized spacial score (nSPS) is 14.5. The lowest BCUT2D eigenvalue weighted by molar-refractivity contribution is 0.145. The van der Waals surface area contributed by atoms with Crippen molar-refractivity contribution in [2.75, 3.05) is 85.8 Å². The van der Waals surface area contributed by atoms with Gasteiger partial charge in [-0.25, -0.2) is 14.4 Å². The number of hydrogen-bond acceptors (Lipinski definition) is 16. The maximum atomic E-state index is 11.6. The Morgan fingerprint density at radius 2 is 0.814 bits per heavy atom. The molecule has 372 valence electrons. The fraction of sp³-hybridized carbons (Fsp3) is 0.365. The van der Waals surface area contributed by atoms with Crippen molar-refractivity contribution in [3.05, 3.63) is 123 Å². The Morgan fingerprint density at radius 3 is 1.20 bits per heavy atom. The molecule has 0 spiro atoms. The van der Waals surface area contributed by atoms with Crippen molar-refractivity contribution in [3.8, 4) is 17.2 Å². The second kappa shape index (κ2) is 24.5. The van der Waals surface area contributed by atoms with Gasteiger partial charge in [0.05, 0.1) is 38.6 Å². The third-order valence-electron chi connectivity index (χ3n) is 12.2. The summed E-state index contributed by atoms with van der Waals surface area (Å²) in [4.78, 5) is 41.8. The lowest BCUT2D eigenvalue weighted by Gasteiger charge is -2.32. The number of likely N-dealkylation sites (tertiary alicyclic amines) is 1. The zero-order valence-electron chi connectivity index (χ0n) is 39.0. The molecule has 0 radical (unpaired) electrons. The summed E-state index contributed by atoms with van der Waals surface area (Å²) in [5.41, 5.74) is 7.43. The molecule has 0 atom stereocenters. The van der Waals surface area contributed by atoms with E-state index in [0.717, 1.165) is 90.8 Å². The van der Waals surface area contributed by atoms with E-state index in [4.69, 9.17) is 46.4 Å². The van der Waals surface area contributed by atoms with Crippen molar-refractivity contribution in [1.29, 1.82) is 0 Å². The second-order valence-electron chi connectivity index (χ2n) is 17.1. The van der Waals surface area contributed by atoms with Crippen molar-refractivity contribution < 1.29 is 40.7 Å². The number of ether oxygens (including phenoxy) is 3. The lowest BCUT2D eigenvalue weighted by atomic mass is 10.1. The smallest absolute Gasteiger partial charge is 0.336 e. The highest BCUT2D eigenvalue weighted by molar-refractivity contribution is 6.01. The summed E-state index contributed by atoms with van der Waals surface area (Å²) in [6.45, 7) is 11.0. The van der Waals surface area contributed by atoms with Gasteiger partial charge in [0, 0.05) is 89.8 Å². The fourth-order valence-corrected chi connectivity index (χ4v) is 8.65. The SMILES string of the molecule is CN1CCN(CCCOc2c3occc3cc3ccc(=O)oc23)CC1.Cl.Cl.NCCCOc1c2occc2cc2ccc(=O)oc12.O=c1ccc2cc3ccoc3c(OCCCN3CCCCC3)c2o1. The Balaban J connectivity index is 0.000000154. The minimum atomic E-state index is -0.415. The molecular weight excluding hydrogens is 943 g/mol. The Labute approximate surface area is 414 Å². The van der Waals surface area contributed by atoms with Crippen LogP contribution in [0.25, 0.3) is 65.8 Å². The van der Waals surface area contributed by atoms with Crippen LogP contribution in [0.4, 0.5) is 0 Å². The maximum Gasteiger partial charge on any atom is 0.336 e. The summed E-state index contributed by atoms with van der Waals surface area (Å²) in [7, 11) is 2.16. The molecule has 0 saturated carbocycles. The van der Waals surface area contributed by atoms with E-state index in [0.29, 0.717) is 77.1 Å². The van der Waals surface area contributed by atoms with Crippen LogP contribution in [0.5, 0.6) is 17.2 Å². The highest BCUT2D eigenvalue weighted by Crippen LogP contribution is 2.37. The average molecular weight is 1000 g/mol. The van der Waals surface area contributed by atoms with Gasteiger partial charge in [-0.2, -0.15) is 0 Å². The summed E-state index contributed by atoms with van der Waals surface area (Å²) in [5.74, 6) is 1.51. The number of piperazine rings is 1. The number of benzene rings is 3. The van der Waals surface area contributed by atoms with Crippen LogP contribution >= 0.6 is 24.8 Å². The monoisotopic (exact) mass is 1000 g/mol. The topological polar surface area (TPSA) is 193 Å². The molecule has 16 nitrogen and oxygen atoms in total. The van der Waals surface area contributed by atoms with Gasteiger partial charge < -0.3 is 61.1 Å². The molecule has 2 aliphatic rings. The number of likely N-dealkylation sites (N-methyl/N-ethyl adjacent to an activating group) is 1. The summed E-state index contributed by atoms with van der Waals surface area (Å²) < 4.78 is 50.1. The van der Waals surface area contributed by atoms with Crippen molar-refractivity contribution in [2.45, 2.75) is 38.5 Å². The molecule has 0 bridgehead atoms. The Hall–Kier alpha value is -6.27. The molecule has 9 aromatic rings. The average Bonchev–Trinajstić information content (AvgIpc) is 4.15. The van der Waals surface area contributed by atoms with Gasteiger partial charge in [-0.15, -0.1) is 24.8 Å². The number of rotatable bonds is 14.